The topological polar surface area (TPSA) is 98.5 Å². The number of ether oxygens (including phenoxy) is 1. The third-order valence-corrected chi connectivity index (χ3v) is 3.56. The van der Waals surface area contributed by atoms with E-state index in [0.29, 0.717) is 27.9 Å². The number of esters is 1. The van der Waals surface area contributed by atoms with Gasteiger partial charge in [-0.15, -0.1) is 0 Å². The molecule has 0 aromatic heterocycles. The van der Waals surface area contributed by atoms with Crippen LogP contribution in [0.4, 0.5) is 11.4 Å². The SMILES string of the molecule is COC(=O)c1ccc(NC(=O)c2ccc([N+](=O)[O-])cc2C)c(C)c1. The first kappa shape index (κ1) is 17.1. The van der Waals surface area contributed by atoms with Crippen LogP contribution < -0.4 is 5.32 Å². The normalized spacial score (nSPS) is 10.1. The third-order valence-electron chi connectivity index (χ3n) is 3.56. The monoisotopic (exact) mass is 328 g/mol. The van der Waals surface area contributed by atoms with Crippen LogP contribution in [-0.2, 0) is 4.74 Å². The molecule has 2 aromatic rings. The predicted octanol–water partition coefficient (Wildman–Crippen LogP) is 3.25. The molecule has 0 unspecified atom stereocenters. The molecular weight excluding hydrogens is 312 g/mol. The molecule has 0 atom stereocenters. The van der Waals surface area contributed by atoms with E-state index in [9.17, 15) is 19.7 Å². The molecule has 0 saturated heterocycles. The molecule has 0 aliphatic heterocycles. The van der Waals surface area contributed by atoms with Gasteiger partial charge in [0.15, 0.2) is 0 Å². The zero-order valence-electron chi connectivity index (χ0n) is 13.5. The molecule has 24 heavy (non-hydrogen) atoms. The number of anilines is 1. The van der Waals surface area contributed by atoms with Gasteiger partial charge in [0.1, 0.15) is 0 Å². The smallest absolute Gasteiger partial charge is 0.337 e. The van der Waals surface area contributed by atoms with Gasteiger partial charge >= 0.3 is 5.97 Å². The van der Waals surface area contributed by atoms with Gasteiger partial charge in [0.2, 0.25) is 0 Å². The zero-order chi connectivity index (χ0) is 17.9. The van der Waals surface area contributed by atoms with Crippen molar-refractivity contribution in [2.75, 3.05) is 12.4 Å². The second-order valence-corrected chi connectivity index (χ2v) is 5.23. The number of amides is 1. The minimum Gasteiger partial charge on any atom is -0.465 e. The van der Waals surface area contributed by atoms with E-state index in [2.05, 4.69) is 10.1 Å². The van der Waals surface area contributed by atoms with Gasteiger partial charge in [-0.2, -0.15) is 0 Å². The molecule has 1 amide bonds. The Morgan fingerprint density at radius 3 is 2.33 bits per heavy atom. The maximum atomic E-state index is 12.4. The van der Waals surface area contributed by atoms with Crippen molar-refractivity contribution in [3.63, 3.8) is 0 Å². The second kappa shape index (κ2) is 6.91. The number of hydrogen-bond donors (Lipinski definition) is 1. The highest BCUT2D eigenvalue weighted by Gasteiger charge is 2.15. The van der Waals surface area contributed by atoms with Crippen molar-refractivity contribution in [3.8, 4) is 0 Å². The van der Waals surface area contributed by atoms with E-state index in [4.69, 9.17) is 0 Å². The van der Waals surface area contributed by atoms with E-state index in [1.165, 1.54) is 25.3 Å². The molecule has 0 aliphatic carbocycles. The largest absolute Gasteiger partial charge is 0.465 e. The Morgan fingerprint density at radius 1 is 1.08 bits per heavy atom. The van der Waals surface area contributed by atoms with Crippen LogP contribution in [-0.4, -0.2) is 23.9 Å². The number of rotatable bonds is 4. The summed E-state index contributed by atoms with van der Waals surface area (Å²) in [5.41, 5.74) is 2.42. The van der Waals surface area contributed by atoms with E-state index in [1.807, 2.05) is 0 Å². The number of benzene rings is 2. The summed E-state index contributed by atoms with van der Waals surface area (Å²) >= 11 is 0. The van der Waals surface area contributed by atoms with Crippen LogP contribution in [0.3, 0.4) is 0 Å². The average molecular weight is 328 g/mol. The first-order valence-electron chi connectivity index (χ1n) is 7.09. The minimum absolute atomic E-state index is 0.0670. The van der Waals surface area contributed by atoms with Crippen molar-refractivity contribution in [1.82, 2.24) is 0 Å². The van der Waals surface area contributed by atoms with Gasteiger partial charge in [-0.25, -0.2) is 4.79 Å². The maximum absolute atomic E-state index is 12.4. The molecule has 0 radical (unpaired) electrons. The van der Waals surface area contributed by atoms with E-state index in [0.717, 1.165) is 0 Å². The molecule has 124 valence electrons. The molecule has 7 nitrogen and oxygen atoms in total. The van der Waals surface area contributed by atoms with Crippen LogP contribution in [0, 0.1) is 24.0 Å². The summed E-state index contributed by atoms with van der Waals surface area (Å²) in [4.78, 5) is 34.1. The lowest BCUT2D eigenvalue weighted by atomic mass is 10.1. The third kappa shape index (κ3) is 3.57. The Balaban J connectivity index is 2.24. The molecule has 0 saturated carbocycles. The fraction of sp³-hybridized carbons (Fsp3) is 0.176. The Hall–Kier alpha value is -3.22. The molecule has 0 aliphatic rings. The van der Waals surface area contributed by atoms with Crippen LogP contribution in [0.1, 0.15) is 31.8 Å². The van der Waals surface area contributed by atoms with Gasteiger partial charge in [0.05, 0.1) is 17.6 Å². The molecule has 2 rings (SSSR count). The van der Waals surface area contributed by atoms with E-state index in [1.54, 1.807) is 32.0 Å². The average Bonchev–Trinajstić information content (AvgIpc) is 2.55. The van der Waals surface area contributed by atoms with Crippen LogP contribution >= 0.6 is 0 Å². The Bertz CT molecular complexity index is 830. The number of aryl methyl sites for hydroxylation is 2. The van der Waals surface area contributed by atoms with Crippen molar-refractivity contribution in [3.05, 3.63) is 68.8 Å². The van der Waals surface area contributed by atoms with Crippen molar-refractivity contribution >= 4 is 23.3 Å². The van der Waals surface area contributed by atoms with Gasteiger partial charge in [-0.05, 0) is 49.2 Å². The number of methoxy groups -OCH3 is 1. The van der Waals surface area contributed by atoms with Crippen molar-refractivity contribution in [2.24, 2.45) is 0 Å². The van der Waals surface area contributed by atoms with Crippen LogP contribution in [0.5, 0.6) is 0 Å². The predicted molar refractivity (Wildman–Crippen MR) is 88.3 cm³/mol. The van der Waals surface area contributed by atoms with Gasteiger partial charge in [0.25, 0.3) is 11.6 Å². The number of nitrogens with zero attached hydrogens (tertiary/aromatic N) is 1. The number of nitro groups is 1. The fourth-order valence-corrected chi connectivity index (χ4v) is 2.25. The summed E-state index contributed by atoms with van der Waals surface area (Å²) < 4.78 is 4.65. The molecule has 0 bridgehead atoms. The van der Waals surface area contributed by atoms with Gasteiger partial charge < -0.3 is 10.1 Å². The van der Waals surface area contributed by atoms with Gasteiger partial charge in [-0.3, -0.25) is 14.9 Å². The molecular formula is C17H16N2O5. The Morgan fingerprint density at radius 2 is 1.79 bits per heavy atom. The lowest BCUT2D eigenvalue weighted by Gasteiger charge is -2.11. The molecule has 0 heterocycles. The highest BCUT2D eigenvalue weighted by atomic mass is 16.6. The van der Waals surface area contributed by atoms with E-state index >= 15 is 0 Å². The first-order valence-corrected chi connectivity index (χ1v) is 7.09. The van der Waals surface area contributed by atoms with Crippen LogP contribution in [0.15, 0.2) is 36.4 Å². The molecule has 1 N–H and O–H groups in total. The number of carbonyl (C=O) groups is 2. The Labute approximate surface area is 138 Å². The summed E-state index contributed by atoms with van der Waals surface area (Å²) in [5, 5.41) is 13.5. The standard InChI is InChI=1S/C17H16N2O5/c1-10-9-13(19(22)23)5-6-14(10)16(20)18-15-7-4-12(8-11(15)2)17(21)24-3/h4-9H,1-3H3,(H,18,20). The number of nitro benzene ring substituents is 1. The highest BCUT2D eigenvalue weighted by molar-refractivity contribution is 6.06. The number of hydrogen-bond acceptors (Lipinski definition) is 5. The summed E-state index contributed by atoms with van der Waals surface area (Å²) in [6.45, 7) is 3.39. The molecule has 0 spiro atoms. The van der Waals surface area contributed by atoms with Crippen molar-refractivity contribution in [2.45, 2.75) is 13.8 Å². The lowest BCUT2D eigenvalue weighted by Crippen LogP contribution is -2.14. The van der Waals surface area contributed by atoms with Crippen LogP contribution in [0.2, 0.25) is 0 Å². The van der Waals surface area contributed by atoms with Crippen molar-refractivity contribution in [1.29, 1.82) is 0 Å². The van der Waals surface area contributed by atoms with Gasteiger partial charge in [0, 0.05) is 23.4 Å². The van der Waals surface area contributed by atoms with E-state index < -0.39 is 10.9 Å². The number of carbonyl (C=O) groups excluding carboxylic acids is 2. The minimum atomic E-state index is -0.510. The summed E-state index contributed by atoms with van der Waals surface area (Å²) in [5.74, 6) is -0.835. The zero-order valence-corrected chi connectivity index (χ0v) is 13.5. The summed E-state index contributed by atoms with van der Waals surface area (Å²) in [6, 6.07) is 8.83. The quantitative estimate of drug-likeness (QED) is 0.527. The summed E-state index contributed by atoms with van der Waals surface area (Å²) in [7, 11) is 1.30. The maximum Gasteiger partial charge on any atom is 0.337 e. The molecule has 2 aromatic carbocycles. The second-order valence-electron chi connectivity index (χ2n) is 5.23. The fourth-order valence-electron chi connectivity index (χ4n) is 2.25. The molecule has 0 fully saturated rings. The molecule has 7 heteroatoms. The summed E-state index contributed by atoms with van der Waals surface area (Å²) in [6.07, 6.45) is 0. The van der Waals surface area contributed by atoms with Crippen LogP contribution in [0.25, 0.3) is 0 Å². The van der Waals surface area contributed by atoms with Crippen molar-refractivity contribution < 1.29 is 19.2 Å². The number of nitrogens with one attached hydrogen (secondary N) is 1. The lowest BCUT2D eigenvalue weighted by molar-refractivity contribution is -0.384. The first-order chi connectivity index (χ1) is 11.3. The van der Waals surface area contributed by atoms with E-state index in [-0.39, 0.29) is 11.6 Å². The highest BCUT2D eigenvalue weighted by Crippen LogP contribution is 2.21. The van der Waals surface area contributed by atoms with Gasteiger partial charge in [-0.1, -0.05) is 0 Å². The Kier molecular flexibility index (Phi) is 4.93. The number of non-ortho nitro benzene ring substituents is 1.